The van der Waals surface area contributed by atoms with Gasteiger partial charge in [-0.25, -0.2) is 4.79 Å². The van der Waals surface area contributed by atoms with Gasteiger partial charge < -0.3 is 34.1 Å². The van der Waals surface area contributed by atoms with Crippen LogP contribution >= 0.6 is 0 Å². The highest BCUT2D eigenvalue weighted by atomic mass is 16.7. The van der Waals surface area contributed by atoms with E-state index in [2.05, 4.69) is 15.3 Å². The number of unbranched alkanes of at least 4 members (excludes halogenated alkanes) is 3. The first kappa shape index (κ1) is 33.9. The molecule has 0 aliphatic carbocycles. The number of carbonyl (C=O) groups is 1. The van der Waals surface area contributed by atoms with Crippen molar-refractivity contribution in [3.63, 3.8) is 0 Å². The van der Waals surface area contributed by atoms with Gasteiger partial charge in [-0.3, -0.25) is 0 Å². The number of ether oxygens (including phenoxy) is 5. The van der Waals surface area contributed by atoms with Crippen LogP contribution in [0.25, 0.3) is 10.4 Å². The number of hydrogen-bond donors (Lipinski definition) is 2. The molecular formula is C34H42N4O7. The molecule has 0 spiro atoms. The summed E-state index contributed by atoms with van der Waals surface area (Å²) in [6.07, 6.45) is -0.809. The van der Waals surface area contributed by atoms with Crippen LogP contribution in [0.1, 0.15) is 42.4 Å². The van der Waals surface area contributed by atoms with Gasteiger partial charge in [-0.05, 0) is 35.1 Å². The summed E-state index contributed by atoms with van der Waals surface area (Å²) in [6.45, 7) is 1.78. The van der Waals surface area contributed by atoms with Crippen LogP contribution in [0.2, 0.25) is 0 Å². The molecule has 240 valence electrons. The molecule has 1 aliphatic heterocycles. The zero-order chi connectivity index (χ0) is 31.5. The highest BCUT2D eigenvalue weighted by Crippen LogP contribution is 2.28. The summed E-state index contributed by atoms with van der Waals surface area (Å²) >= 11 is 0. The molecule has 45 heavy (non-hydrogen) atoms. The van der Waals surface area contributed by atoms with Crippen LogP contribution in [0.3, 0.4) is 0 Å². The molecule has 1 saturated heterocycles. The van der Waals surface area contributed by atoms with Crippen LogP contribution in [0.15, 0.2) is 96.1 Å². The van der Waals surface area contributed by atoms with Crippen LogP contribution < -0.4 is 5.32 Å². The molecule has 0 unspecified atom stereocenters. The smallest absolute Gasteiger partial charge is 0.407 e. The van der Waals surface area contributed by atoms with Crippen molar-refractivity contribution < 1.29 is 33.6 Å². The van der Waals surface area contributed by atoms with Gasteiger partial charge in [0.25, 0.3) is 0 Å². The van der Waals surface area contributed by atoms with Crippen LogP contribution in [0, 0.1) is 0 Å². The Balaban J connectivity index is 1.23. The number of nitrogens with one attached hydrogen (secondary N) is 1. The second kappa shape index (κ2) is 19.4. The van der Waals surface area contributed by atoms with Crippen LogP contribution in [0.5, 0.6) is 0 Å². The van der Waals surface area contributed by atoms with Crippen molar-refractivity contribution >= 4 is 6.09 Å². The Labute approximate surface area is 264 Å². The Morgan fingerprint density at radius 2 is 1.42 bits per heavy atom. The molecule has 0 radical (unpaired) electrons. The first-order valence-electron chi connectivity index (χ1n) is 15.3. The summed E-state index contributed by atoms with van der Waals surface area (Å²) in [5.74, 6) is 0. The van der Waals surface area contributed by atoms with Crippen molar-refractivity contribution in [2.45, 2.75) is 76.1 Å². The maximum absolute atomic E-state index is 11.9. The first-order chi connectivity index (χ1) is 22.1. The Hall–Kier alpha value is -3.96. The Morgan fingerprint density at radius 3 is 2.07 bits per heavy atom. The Bertz CT molecular complexity index is 1300. The molecule has 4 rings (SSSR count). The summed E-state index contributed by atoms with van der Waals surface area (Å²) in [5, 5.41) is 17.9. The quantitative estimate of drug-likeness (QED) is 0.0763. The fourth-order valence-corrected chi connectivity index (χ4v) is 4.93. The van der Waals surface area contributed by atoms with Crippen molar-refractivity contribution in [3.8, 4) is 0 Å². The molecule has 1 amide bonds. The van der Waals surface area contributed by atoms with Gasteiger partial charge in [0.15, 0.2) is 6.29 Å². The van der Waals surface area contributed by atoms with E-state index in [-0.39, 0.29) is 19.8 Å². The average Bonchev–Trinajstić information content (AvgIpc) is 3.08. The van der Waals surface area contributed by atoms with Crippen LogP contribution in [-0.4, -0.2) is 61.6 Å². The summed E-state index contributed by atoms with van der Waals surface area (Å²) in [6, 6.07) is 27.9. The molecule has 11 heteroatoms. The van der Waals surface area contributed by atoms with Gasteiger partial charge in [0.05, 0.1) is 25.9 Å². The molecule has 0 bridgehead atoms. The fourth-order valence-electron chi connectivity index (χ4n) is 4.93. The normalized spacial score (nSPS) is 21.0. The van der Waals surface area contributed by atoms with Crippen molar-refractivity contribution in [1.29, 1.82) is 0 Å². The number of carbonyl (C=O) groups excluding carboxylic acids is 1. The van der Waals surface area contributed by atoms with E-state index in [9.17, 15) is 15.4 Å². The van der Waals surface area contributed by atoms with Gasteiger partial charge in [-0.1, -0.05) is 109 Å². The lowest BCUT2D eigenvalue weighted by molar-refractivity contribution is -0.276. The van der Waals surface area contributed by atoms with Gasteiger partial charge in [0, 0.05) is 18.1 Å². The molecule has 1 aliphatic rings. The maximum atomic E-state index is 11.9. The lowest BCUT2D eigenvalue weighted by Gasteiger charge is -2.42. The number of aliphatic hydroxyl groups is 1. The highest BCUT2D eigenvalue weighted by molar-refractivity contribution is 5.67. The molecule has 1 heterocycles. The first-order valence-corrected chi connectivity index (χ1v) is 15.3. The number of rotatable bonds is 18. The summed E-state index contributed by atoms with van der Waals surface area (Å²) in [7, 11) is 0. The SMILES string of the molecule is [N-]=[N+]=N[C@H]1[C@@H](OCCCCCCNC(=O)OCc2ccccc2)O[C@H](COCc2ccccc2)[C@@H](O)[C@@H]1OCc1ccccc1. The molecular weight excluding hydrogens is 576 g/mol. The van der Waals surface area contributed by atoms with E-state index in [1.807, 2.05) is 91.0 Å². The summed E-state index contributed by atoms with van der Waals surface area (Å²) in [4.78, 5) is 14.9. The van der Waals surface area contributed by atoms with E-state index < -0.39 is 36.7 Å². The second-order valence-electron chi connectivity index (χ2n) is 10.8. The fraction of sp³-hybridized carbons (Fsp3) is 0.441. The lowest BCUT2D eigenvalue weighted by atomic mass is 9.97. The number of benzene rings is 3. The number of amides is 1. The standard InChI is InChI=1S/C34H42N4O7/c35-38-37-30-32(43-23-27-16-8-4-9-17-27)31(39)29(25-41-22-26-14-6-3-7-15-26)45-33(30)42-21-13-2-1-12-20-36-34(40)44-24-28-18-10-5-11-19-28/h3-11,14-19,29-33,39H,1-2,12-13,20-25H2,(H,36,40)/t29-,30-,31-,32-,33+/m1/s1. The molecule has 0 saturated carbocycles. The van der Waals surface area contributed by atoms with E-state index in [0.29, 0.717) is 19.8 Å². The number of hydrogen-bond acceptors (Lipinski definition) is 8. The molecule has 5 atom stereocenters. The Kier molecular flexibility index (Phi) is 14.6. The minimum absolute atomic E-state index is 0.102. The van der Waals surface area contributed by atoms with Gasteiger partial charge >= 0.3 is 6.09 Å². The Morgan fingerprint density at radius 1 is 0.822 bits per heavy atom. The van der Waals surface area contributed by atoms with Crippen molar-refractivity contribution in [1.82, 2.24) is 5.32 Å². The van der Waals surface area contributed by atoms with E-state index in [1.165, 1.54) is 0 Å². The number of aliphatic hydroxyl groups excluding tert-OH is 1. The topological polar surface area (TPSA) is 144 Å². The lowest BCUT2D eigenvalue weighted by Crippen LogP contribution is -2.59. The molecule has 0 aromatic heterocycles. The van der Waals surface area contributed by atoms with Gasteiger partial charge in [0.2, 0.25) is 0 Å². The number of azide groups is 1. The molecule has 1 fully saturated rings. The number of alkyl carbamates (subject to hydrolysis) is 1. The monoisotopic (exact) mass is 618 g/mol. The zero-order valence-corrected chi connectivity index (χ0v) is 25.4. The van der Waals surface area contributed by atoms with Gasteiger partial charge in [-0.15, -0.1) is 0 Å². The summed E-state index contributed by atoms with van der Waals surface area (Å²) < 4.78 is 29.4. The minimum Gasteiger partial charge on any atom is -0.445 e. The molecule has 3 aromatic rings. The number of nitrogens with zero attached hydrogens (tertiary/aromatic N) is 3. The predicted octanol–water partition coefficient (Wildman–Crippen LogP) is 6.06. The molecule has 3 aromatic carbocycles. The minimum atomic E-state index is -1.10. The van der Waals surface area contributed by atoms with E-state index in [0.717, 1.165) is 42.4 Å². The van der Waals surface area contributed by atoms with E-state index >= 15 is 0 Å². The van der Waals surface area contributed by atoms with E-state index in [1.54, 1.807) is 0 Å². The van der Waals surface area contributed by atoms with Crippen LogP contribution in [0.4, 0.5) is 4.79 Å². The third-order valence-corrected chi connectivity index (χ3v) is 7.34. The second-order valence-corrected chi connectivity index (χ2v) is 10.8. The van der Waals surface area contributed by atoms with Crippen molar-refractivity contribution in [2.75, 3.05) is 19.8 Å². The predicted molar refractivity (Wildman–Crippen MR) is 168 cm³/mol. The average molecular weight is 619 g/mol. The van der Waals surface area contributed by atoms with E-state index in [4.69, 9.17) is 23.7 Å². The van der Waals surface area contributed by atoms with Crippen LogP contribution in [-0.2, 0) is 43.5 Å². The summed E-state index contributed by atoms with van der Waals surface area (Å²) in [5.41, 5.74) is 12.2. The largest absolute Gasteiger partial charge is 0.445 e. The molecule has 2 N–H and O–H groups in total. The van der Waals surface area contributed by atoms with Crippen molar-refractivity contribution in [2.24, 2.45) is 5.11 Å². The third-order valence-electron chi connectivity index (χ3n) is 7.34. The highest BCUT2D eigenvalue weighted by Gasteiger charge is 2.46. The third kappa shape index (κ3) is 11.8. The van der Waals surface area contributed by atoms with Gasteiger partial charge in [-0.2, -0.15) is 0 Å². The van der Waals surface area contributed by atoms with Crippen molar-refractivity contribution in [3.05, 3.63) is 118 Å². The maximum Gasteiger partial charge on any atom is 0.407 e. The zero-order valence-electron chi connectivity index (χ0n) is 25.4. The van der Waals surface area contributed by atoms with Gasteiger partial charge in [0.1, 0.15) is 24.9 Å². The molecule has 11 nitrogen and oxygen atoms in total.